The number of thiocarbonyl (C=S) groups is 1. The van der Waals surface area contributed by atoms with Crippen molar-refractivity contribution < 1.29 is 9.21 Å². The summed E-state index contributed by atoms with van der Waals surface area (Å²) >= 11 is 8.19. The van der Waals surface area contributed by atoms with E-state index in [1.807, 2.05) is 4.90 Å². The van der Waals surface area contributed by atoms with Gasteiger partial charge >= 0.3 is 0 Å². The largest absolute Gasteiger partial charge is 0.457 e. The Morgan fingerprint density at radius 1 is 1.53 bits per heavy atom. The fraction of sp³-hybridized carbons (Fsp3) is 0.455. The van der Waals surface area contributed by atoms with Gasteiger partial charge in [0, 0.05) is 19.0 Å². The number of hydrogen-bond donors (Lipinski definition) is 1. The molecule has 1 amide bonds. The molecule has 1 aromatic heterocycles. The SMILES string of the molecule is NC(=S)C1CCN(C(=O)c2ccoc2Br)CC1. The third-order valence-corrected chi connectivity index (χ3v) is 3.98. The first kappa shape index (κ1) is 12.6. The lowest BCUT2D eigenvalue weighted by Gasteiger charge is -2.31. The van der Waals surface area contributed by atoms with Crippen molar-refractivity contribution in [2.75, 3.05) is 13.1 Å². The number of nitrogens with two attached hydrogens (primary N) is 1. The molecule has 1 aliphatic heterocycles. The molecule has 0 bridgehead atoms. The summed E-state index contributed by atoms with van der Waals surface area (Å²) in [6.07, 6.45) is 3.19. The van der Waals surface area contributed by atoms with E-state index in [2.05, 4.69) is 15.9 Å². The van der Waals surface area contributed by atoms with E-state index >= 15 is 0 Å². The van der Waals surface area contributed by atoms with Crippen molar-refractivity contribution in [2.24, 2.45) is 11.7 Å². The van der Waals surface area contributed by atoms with Crippen LogP contribution in [0.5, 0.6) is 0 Å². The Kier molecular flexibility index (Phi) is 3.83. The summed E-state index contributed by atoms with van der Waals surface area (Å²) in [7, 11) is 0. The Labute approximate surface area is 113 Å². The lowest BCUT2D eigenvalue weighted by Crippen LogP contribution is -2.41. The van der Waals surface area contributed by atoms with Crippen LogP contribution in [-0.4, -0.2) is 28.9 Å². The van der Waals surface area contributed by atoms with Crippen LogP contribution >= 0.6 is 28.1 Å². The second-order valence-corrected chi connectivity index (χ2v) is 5.27. The van der Waals surface area contributed by atoms with E-state index < -0.39 is 0 Å². The Morgan fingerprint density at radius 3 is 2.65 bits per heavy atom. The van der Waals surface area contributed by atoms with E-state index in [0.717, 1.165) is 12.8 Å². The van der Waals surface area contributed by atoms with Gasteiger partial charge in [-0.2, -0.15) is 0 Å². The predicted octanol–water partition coefficient (Wildman–Crippen LogP) is 2.18. The van der Waals surface area contributed by atoms with Gasteiger partial charge in [0.05, 0.1) is 16.8 Å². The van der Waals surface area contributed by atoms with Crippen molar-refractivity contribution in [2.45, 2.75) is 12.8 Å². The molecule has 6 heteroatoms. The molecule has 4 nitrogen and oxygen atoms in total. The first-order valence-electron chi connectivity index (χ1n) is 5.41. The van der Waals surface area contributed by atoms with Gasteiger partial charge in [-0.15, -0.1) is 0 Å². The molecule has 92 valence electrons. The molecule has 17 heavy (non-hydrogen) atoms. The lowest BCUT2D eigenvalue weighted by molar-refractivity contribution is 0.0708. The molecule has 1 saturated heterocycles. The molecular formula is C11H13BrN2O2S. The number of furan rings is 1. The highest BCUT2D eigenvalue weighted by Crippen LogP contribution is 2.23. The standard InChI is InChI=1S/C11H13BrN2O2S/c12-9-8(3-6-16-9)11(15)14-4-1-7(2-5-14)10(13)17/h3,6-7H,1-2,4-5H2,(H2,13,17). The van der Waals surface area contributed by atoms with Crippen LogP contribution in [0.1, 0.15) is 23.2 Å². The number of nitrogens with zero attached hydrogens (tertiary/aromatic N) is 1. The third-order valence-electron chi connectivity index (χ3n) is 3.03. The molecule has 0 unspecified atom stereocenters. The fourth-order valence-electron chi connectivity index (χ4n) is 1.98. The molecule has 1 fully saturated rings. The van der Waals surface area contributed by atoms with E-state index in [4.69, 9.17) is 22.4 Å². The monoisotopic (exact) mass is 316 g/mol. The van der Waals surface area contributed by atoms with Crippen LogP contribution in [0.4, 0.5) is 0 Å². The fourth-order valence-corrected chi connectivity index (χ4v) is 2.63. The average Bonchev–Trinajstić information content (AvgIpc) is 2.74. The van der Waals surface area contributed by atoms with Crippen LogP contribution in [0.25, 0.3) is 0 Å². The number of carbonyl (C=O) groups is 1. The Hall–Kier alpha value is -0.880. The summed E-state index contributed by atoms with van der Waals surface area (Å²) in [5.74, 6) is 0.258. The zero-order valence-corrected chi connectivity index (χ0v) is 11.6. The van der Waals surface area contributed by atoms with Crippen LogP contribution in [0.3, 0.4) is 0 Å². The third kappa shape index (κ3) is 2.69. The summed E-state index contributed by atoms with van der Waals surface area (Å²) in [5, 5.41) is 0. The van der Waals surface area contributed by atoms with Crippen LogP contribution < -0.4 is 5.73 Å². The topological polar surface area (TPSA) is 59.5 Å². The maximum atomic E-state index is 12.1. The highest BCUT2D eigenvalue weighted by molar-refractivity contribution is 9.10. The number of hydrogen-bond acceptors (Lipinski definition) is 3. The molecular weight excluding hydrogens is 304 g/mol. The molecule has 2 rings (SSSR count). The van der Waals surface area contributed by atoms with E-state index in [1.54, 1.807) is 6.07 Å². The van der Waals surface area contributed by atoms with E-state index in [1.165, 1.54) is 6.26 Å². The van der Waals surface area contributed by atoms with Crippen molar-refractivity contribution >= 4 is 39.0 Å². The first-order chi connectivity index (χ1) is 8.09. The number of likely N-dealkylation sites (tertiary alicyclic amines) is 1. The molecule has 0 aliphatic carbocycles. The summed E-state index contributed by atoms with van der Waals surface area (Å²) in [4.78, 5) is 14.5. The van der Waals surface area contributed by atoms with Crippen LogP contribution in [0.2, 0.25) is 0 Å². The lowest BCUT2D eigenvalue weighted by atomic mass is 9.96. The number of halogens is 1. The maximum Gasteiger partial charge on any atom is 0.258 e. The number of amides is 1. The van der Waals surface area contributed by atoms with Crippen LogP contribution in [-0.2, 0) is 0 Å². The first-order valence-corrected chi connectivity index (χ1v) is 6.61. The second kappa shape index (κ2) is 5.18. The molecule has 0 radical (unpaired) electrons. The summed E-state index contributed by atoms with van der Waals surface area (Å²) < 4.78 is 5.55. The number of rotatable bonds is 2. The van der Waals surface area contributed by atoms with Gasteiger partial charge in [-0.05, 0) is 34.8 Å². The minimum Gasteiger partial charge on any atom is -0.457 e. The van der Waals surface area contributed by atoms with Crippen molar-refractivity contribution in [3.05, 3.63) is 22.6 Å². The zero-order chi connectivity index (χ0) is 12.4. The van der Waals surface area contributed by atoms with Gasteiger partial charge in [-0.25, -0.2) is 0 Å². The molecule has 0 atom stereocenters. The molecule has 0 aromatic carbocycles. The minimum absolute atomic E-state index is 0.00739. The Balaban J connectivity index is 2.00. The summed E-state index contributed by atoms with van der Waals surface area (Å²) in [6.45, 7) is 1.39. The molecule has 1 aliphatic rings. The normalized spacial score (nSPS) is 17.1. The number of carbonyl (C=O) groups excluding carboxylic acids is 1. The van der Waals surface area contributed by atoms with Gasteiger partial charge in [-0.3, -0.25) is 4.79 Å². The second-order valence-electron chi connectivity index (χ2n) is 4.08. The molecule has 1 aromatic rings. The van der Waals surface area contributed by atoms with Gasteiger partial charge in [0.25, 0.3) is 5.91 Å². The van der Waals surface area contributed by atoms with Gasteiger partial charge in [0.2, 0.25) is 0 Å². The van der Waals surface area contributed by atoms with Crippen molar-refractivity contribution in [1.29, 1.82) is 0 Å². The quantitative estimate of drug-likeness (QED) is 0.850. The van der Waals surface area contributed by atoms with E-state index in [9.17, 15) is 4.79 Å². The van der Waals surface area contributed by atoms with Crippen molar-refractivity contribution in [3.8, 4) is 0 Å². The predicted molar refractivity (Wildman–Crippen MR) is 71.8 cm³/mol. The molecule has 2 N–H and O–H groups in total. The smallest absolute Gasteiger partial charge is 0.258 e. The van der Waals surface area contributed by atoms with E-state index in [0.29, 0.717) is 28.3 Å². The molecule has 0 saturated carbocycles. The summed E-state index contributed by atoms with van der Waals surface area (Å²) in [6, 6.07) is 1.67. The molecule has 2 heterocycles. The van der Waals surface area contributed by atoms with E-state index in [-0.39, 0.29) is 11.8 Å². The van der Waals surface area contributed by atoms with Crippen molar-refractivity contribution in [3.63, 3.8) is 0 Å². The maximum absolute atomic E-state index is 12.1. The number of piperidine rings is 1. The Morgan fingerprint density at radius 2 is 2.18 bits per heavy atom. The highest BCUT2D eigenvalue weighted by atomic mass is 79.9. The summed E-state index contributed by atoms with van der Waals surface area (Å²) in [5.41, 5.74) is 6.18. The van der Waals surface area contributed by atoms with Gasteiger partial charge < -0.3 is 15.1 Å². The molecule has 0 spiro atoms. The van der Waals surface area contributed by atoms with Gasteiger partial charge in [0.15, 0.2) is 4.67 Å². The van der Waals surface area contributed by atoms with Crippen LogP contribution in [0.15, 0.2) is 21.4 Å². The van der Waals surface area contributed by atoms with Gasteiger partial charge in [-0.1, -0.05) is 12.2 Å². The zero-order valence-electron chi connectivity index (χ0n) is 9.19. The van der Waals surface area contributed by atoms with Crippen molar-refractivity contribution in [1.82, 2.24) is 4.90 Å². The highest BCUT2D eigenvalue weighted by Gasteiger charge is 2.26. The van der Waals surface area contributed by atoms with Gasteiger partial charge in [0.1, 0.15) is 0 Å². The Bertz CT molecular complexity index is 438. The van der Waals surface area contributed by atoms with Crippen LogP contribution in [0, 0.1) is 5.92 Å². The average molecular weight is 317 g/mol. The minimum atomic E-state index is -0.00739.